The molecule has 0 saturated carbocycles. The van der Waals surface area contributed by atoms with Crippen LogP contribution in [0.1, 0.15) is 23.3 Å². The van der Waals surface area contributed by atoms with E-state index >= 15 is 0 Å². The Morgan fingerprint density at radius 2 is 1.94 bits per heavy atom. The molecule has 0 saturated heterocycles. The summed E-state index contributed by atoms with van der Waals surface area (Å²) >= 11 is 0. The highest BCUT2D eigenvalue weighted by atomic mass is 15.4. The largest absolute Gasteiger partial charge is 0.317 e. The molecule has 1 heterocycles. The van der Waals surface area contributed by atoms with Crippen molar-refractivity contribution in [2.45, 2.75) is 19.9 Å². The third-order valence-corrected chi connectivity index (χ3v) is 2.78. The van der Waals surface area contributed by atoms with Gasteiger partial charge in [0, 0.05) is 6.54 Å². The van der Waals surface area contributed by atoms with Crippen LogP contribution < -0.4 is 5.32 Å². The van der Waals surface area contributed by atoms with Gasteiger partial charge in [0.2, 0.25) is 0 Å². The van der Waals surface area contributed by atoms with Gasteiger partial charge in [0.15, 0.2) is 0 Å². The second kappa shape index (κ2) is 5.10. The molecule has 17 heavy (non-hydrogen) atoms. The summed E-state index contributed by atoms with van der Waals surface area (Å²) in [6, 6.07) is 10.6. The van der Waals surface area contributed by atoms with Gasteiger partial charge in [-0.15, -0.1) is 0 Å². The zero-order valence-corrected chi connectivity index (χ0v) is 10.5. The first kappa shape index (κ1) is 11.8. The van der Waals surface area contributed by atoms with E-state index in [0.717, 1.165) is 18.2 Å². The molecule has 1 unspecified atom stereocenters. The van der Waals surface area contributed by atoms with Gasteiger partial charge >= 0.3 is 0 Å². The van der Waals surface area contributed by atoms with E-state index in [1.54, 1.807) is 0 Å². The Balaban J connectivity index is 2.39. The van der Waals surface area contributed by atoms with Crippen molar-refractivity contribution in [1.82, 2.24) is 20.1 Å². The maximum absolute atomic E-state index is 4.47. The molecule has 0 radical (unpaired) electrons. The van der Waals surface area contributed by atoms with Gasteiger partial charge in [0.25, 0.3) is 0 Å². The summed E-state index contributed by atoms with van der Waals surface area (Å²) in [5, 5.41) is 7.68. The number of nitrogens with one attached hydrogen (secondary N) is 1. The highest BCUT2D eigenvalue weighted by Gasteiger charge is 2.16. The fourth-order valence-electron chi connectivity index (χ4n) is 2.05. The Morgan fingerprint density at radius 3 is 2.47 bits per heavy atom. The summed E-state index contributed by atoms with van der Waals surface area (Å²) in [5.74, 6) is 1.77. The minimum absolute atomic E-state index is 0.197. The maximum Gasteiger partial charge on any atom is 0.147 e. The van der Waals surface area contributed by atoms with E-state index in [4.69, 9.17) is 0 Å². The molecular formula is C13H18N4. The third-order valence-electron chi connectivity index (χ3n) is 2.78. The second-order valence-electron chi connectivity index (χ2n) is 4.13. The van der Waals surface area contributed by atoms with Crippen molar-refractivity contribution in [3.63, 3.8) is 0 Å². The van der Waals surface area contributed by atoms with Gasteiger partial charge < -0.3 is 5.32 Å². The minimum atomic E-state index is 0.197. The molecule has 0 spiro atoms. The Labute approximate surface area is 102 Å². The normalized spacial score (nSPS) is 12.6. The quantitative estimate of drug-likeness (QED) is 0.869. The monoisotopic (exact) mass is 230 g/mol. The third kappa shape index (κ3) is 2.53. The highest BCUT2D eigenvalue weighted by Crippen LogP contribution is 2.18. The average Bonchev–Trinajstić information content (AvgIpc) is 2.66. The number of rotatable bonds is 4. The first-order valence-corrected chi connectivity index (χ1v) is 5.81. The van der Waals surface area contributed by atoms with E-state index in [1.165, 1.54) is 5.56 Å². The lowest BCUT2D eigenvalue weighted by Gasteiger charge is -2.18. The van der Waals surface area contributed by atoms with Crippen molar-refractivity contribution >= 4 is 0 Å². The van der Waals surface area contributed by atoms with Crippen molar-refractivity contribution in [2.75, 3.05) is 13.6 Å². The number of benzene rings is 1. The van der Waals surface area contributed by atoms with Gasteiger partial charge in [-0.1, -0.05) is 30.3 Å². The van der Waals surface area contributed by atoms with Crippen molar-refractivity contribution in [3.8, 4) is 0 Å². The molecule has 4 heteroatoms. The van der Waals surface area contributed by atoms with Crippen LogP contribution in [0.4, 0.5) is 0 Å². The number of aryl methyl sites for hydroxylation is 2. The molecule has 90 valence electrons. The average molecular weight is 230 g/mol. The van der Waals surface area contributed by atoms with Gasteiger partial charge in [-0.05, 0) is 26.5 Å². The van der Waals surface area contributed by atoms with E-state index in [9.17, 15) is 0 Å². The van der Waals surface area contributed by atoms with Crippen molar-refractivity contribution < 1.29 is 0 Å². The molecule has 2 aromatic rings. The summed E-state index contributed by atoms with van der Waals surface area (Å²) in [6.07, 6.45) is 0. The Hall–Kier alpha value is -1.68. The molecule has 1 atom stereocenters. The number of nitrogens with zero attached hydrogens (tertiary/aromatic N) is 3. The zero-order chi connectivity index (χ0) is 12.3. The number of likely N-dealkylation sites (N-methyl/N-ethyl adjacent to an activating group) is 1. The van der Waals surface area contributed by atoms with Crippen LogP contribution in [0.3, 0.4) is 0 Å². The summed E-state index contributed by atoms with van der Waals surface area (Å²) in [6.45, 7) is 4.75. The van der Waals surface area contributed by atoms with Crippen LogP contribution in [0.2, 0.25) is 0 Å². The van der Waals surface area contributed by atoms with Crippen LogP contribution in [-0.2, 0) is 0 Å². The Kier molecular flexibility index (Phi) is 3.54. The van der Waals surface area contributed by atoms with E-state index in [1.807, 2.05) is 31.6 Å². The first-order chi connectivity index (χ1) is 8.22. The van der Waals surface area contributed by atoms with Gasteiger partial charge in [-0.2, -0.15) is 5.10 Å². The molecule has 0 aliphatic rings. The molecule has 0 aliphatic heterocycles. The van der Waals surface area contributed by atoms with Gasteiger partial charge in [-0.3, -0.25) is 0 Å². The molecule has 1 aromatic heterocycles. The van der Waals surface area contributed by atoms with Gasteiger partial charge in [0.1, 0.15) is 11.6 Å². The van der Waals surface area contributed by atoms with E-state index in [2.05, 4.69) is 39.7 Å². The van der Waals surface area contributed by atoms with Crippen molar-refractivity contribution in [2.24, 2.45) is 0 Å². The van der Waals surface area contributed by atoms with Gasteiger partial charge in [-0.25, -0.2) is 9.67 Å². The lowest BCUT2D eigenvalue weighted by Crippen LogP contribution is -2.25. The SMILES string of the molecule is CNCC(c1ccccc1)n1nc(C)nc1C. The number of hydrogen-bond acceptors (Lipinski definition) is 3. The zero-order valence-electron chi connectivity index (χ0n) is 10.5. The van der Waals surface area contributed by atoms with Crippen LogP contribution in [0.25, 0.3) is 0 Å². The Bertz CT molecular complexity index is 475. The number of hydrogen-bond donors (Lipinski definition) is 1. The predicted molar refractivity (Wildman–Crippen MR) is 68.0 cm³/mol. The second-order valence-corrected chi connectivity index (χ2v) is 4.13. The first-order valence-electron chi connectivity index (χ1n) is 5.81. The van der Waals surface area contributed by atoms with Crippen LogP contribution in [0.5, 0.6) is 0 Å². The molecule has 1 aromatic carbocycles. The highest BCUT2D eigenvalue weighted by molar-refractivity contribution is 5.20. The molecule has 0 amide bonds. The van der Waals surface area contributed by atoms with E-state index < -0.39 is 0 Å². The molecule has 4 nitrogen and oxygen atoms in total. The Morgan fingerprint density at radius 1 is 1.24 bits per heavy atom. The van der Waals surface area contributed by atoms with E-state index in [-0.39, 0.29) is 6.04 Å². The van der Waals surface area contributed by atoms with Crippen LogP contribution in [-0.4, -0.2) is 28.4 Å². The number of aromatic nitrogens is 3. The summed E-state index contributed by atoms with van der Waals surface area (Å²) < 4.78 is 1.99. The van der Waals surface area contributed by atoms with Crippen LogP contribution in [0.15, 0.2) is 30.3 Å². The molecule has 0 aliphatic carbocycles. The lowest BCUT2D eigenvalue weighted by atomic mass is 10.1. The fraction of sp³-hybridized carbons (Fsp3) is 0.385. The topological polar surface area (TPSA) is 42.7 Å². The molecule has 2 rings (SSSR count). The summed E-state index contributed by atoms with van der Waals surface area (Å²) in [7, 11) is 1.95. The molecule has 1 N–H and O–H groups in total. The van der Waals surface area contributed by atoms with Crippen molar-refractivity contribution in [3.05, 3.63) is 47.5 Å². The lowest BCUT2D eigenvalue weighted by molar-refractivity contribution is 0.485. The van der Waals surface area contributed by atoms with E-state index in [0.29, 0.717) is 0 Å². The minimum Gasteiger partial charge on any atom is -0.317 e. The van der Waals surface area contributed by atoms with Crippen LogP contribution >= 0.6 is 0 Å². The fourth-order valence-corrected chi connectivity index (χ4v) is 2.05. The smallest absolute Gasteiger partial charge is 0.147 e. The summed E-state index contributed by atoms with van der Waals surface area (Å²) in [5.41, 5.74) is 1.25. The molecule has 0 bridgehead atoms. The maximum atomic E-state index is 4.47. The van der Waals surface area contributed by atoms with Crippen LogP contribution in [0, 0.1) is 13.8 Å². The summed E-state index contributed by atoms with van der Waals surface area (Å²) in [4.78, 5) is 4.36. The van der Waals surface area contributed by atoms with Gasteiger partial charge in [0.05, 0.1) is 6.04 Å². The molecule has 0 fully saturated rings. The standard InChI is InChI=1S/C13H18N4/c1-10-15-11(2)17(16-10)13(9-14-3)12-7-5-4-6-8-12/h4-8,13-14H,9H2,1-3H3. The predicted octanol–water partition coefficient (Wildman–Crippen LogP) is 1.70. The van der Waals surface area contributed by atoms with Crippen molar-refractivity contribution in [1.29, 1.82) is 0 Å². The molecular weight excluding hydrogens is 212 g/mol.